The fourth-order valence-electron chi connectivity index (χ4n) is 10.6. The Morgan fingerprint density at radius 2 is 0.621 bits per heavy atom. The number of ether oxygens (including phenoxy) is 3. The van der Waals surface area contributed by atoms with Gasteiger partial charge in [-0.2, -0.15) is 37.9 Å². The Morgan fingerprint density at radius 3 is 0.862 bits per heavy atom. The van der Waals surface area contributed by atoms with Crippen molar-refractivity contribution in [1.82, 2.24) is 25.3 Å². The van der Waals surface area contributed by atoms with E-state index in [1.807, 2.05) is 78.9 Å². The van der Waals surface area contributed by atoms with Gasteiger partial charge >= 0.3 is 11.9 Å². The summed E-state index contributed by atoms with van der Waals surface area (Å²) in [6, 6.07) is 94.4. The normalized spacial score (nSPS) is 11.2. The second-order valence-electron chi connectivity index (χ2n) is 29.4. The summed E-state index contributed by atoms with van der Waals surface area (Å²) in [5.41, 5.74) is 52.9. The maximum absolute atomic E-state index is 10.3. The molecule has 11 aromatic carbocycles. The van der Waals surface area contributed by atoms with Crippen LogP contribution in [0.15, 0.2) is 369 Å². The highest BCUT2D eigenvalue weighted by molar-refractivity contribution is 7.84. The predicted octanol–water partition coefficient (Wildman–Crippen LogP) is 17.5. The maximum atomic E-state index is 10.3. The Morgan fingerprint density at radius 1 is 0.338 bits per heavy atom. The number of phenolic OH excluding ortho intramolecular Hbond substituents is 4. The Bertz CT molecular complexity index is 4680. The topological polar surface area (TPSA) is 548 Å². The number of piperidine rings is 1. The largest absolute Gasteiger partial charge is 0.508 e. The fourth-order valence-corrected chi connectivity index (χ4v) is 13.3. The molecule has 0 unspecified atom stereocenters. The molecule has 0 atom stereocenters. The number of nitrogens with two attached hydrogens (primary N) is 8. The Labute approximate surface area is 884 Å². The lowest BCUT2D eigenvalue weighted by Crippen LogP contribution is -2.21. The number of nitrogens with one attached hydrogen (secondary N) is 2. The zero-order valence-electron chi connectivity index (χ0n) is 82.3. The molecule has 35 heteroatoms. The van der Waals surface area contributed by atoms with E-state index in [2.05, 4.69) is 210 Å². The SMILES string of the molecule is C1CCNCC1.C1CCOCC1.C1COCCO1.CCCP(c1ccccc1)c1ccccc1.NCCN.NCCO.Nc1ccc(C(=O)O)cc1.Nc1ccc(N)cc1.Nc1ccc(O)cc1.Nc1ccc(S)cc1.O=C(O)c1ccc(O)cc1.OCCO.OCCS.Oc1ccc(O)cc1.SCCS.Sc1ccccc1.c1cc(-c2ccncc2)ccn1.c1ccc2c(c1)Cc1ccccc1N2.c1cnccn1. The first kappa shape index (κ1) is 132. The van der Waals surface area contributed by atoms with Gasteiger partial charge in [0.05, 0.1) is 64.0 Å². The van der Waals surface area contributed by atoms with Crippen molar-refractivity contribution >= 4 is 133 Å². The molecule has 0 radical (unpaired) electrons. The number of nitrogens with zero attached hydrogens (tertiary/aromatic N) is 4. The van der Waals surface area contributed by atoms with Gasteiger partial charge in [-0.05, 0) is 298 Å². The van der Waals surface area contributed by atoms with Crippen molar-refractivity contribution in [3.63, 3.8) is 0 Å². The summed E-state index contributed by atoms with van der Waals surface area (Å²) in [6.45, 7) is 11.5. The molecule has 0 aliphatic carbocycles. The molecule has 4 aliphatic rings. The first-order valence-corrected chi connectivity index (χ1v) is 50.8. The van der Waals surface area contributed by atoms with Gasteiger partial charge in [0, 0.05) is 144 Å². The number of benzene rings is 11. The molecule has 3 aromatic heterocycles. The van der Waals surface area contributed by atoms with E-state index in [0.29, 0.717) is 36.8 Å². The molecule has 145 heavy (non-hydrogen) atoms. The molecule has 0 spiro atoms. The second kappa shape index (κ2) is 93.8. The zero-order valence-corrected chi connectivity index (χ0v) is 87.6. The van der Waals surface area contributed by atoms with Gasteiger partial charge in [-0.25, -0.2) is 9.59 Å². The number of hydrogen-bond donors (Lipinski definition) is 25. The monoisotopic (exact) mass is 2100 g/mol. The molecule has 0 saturated carbocycles. The number of anilines is 7. The number of aliphatic hydroxyl groups excluding tert-OH is 4. The molecule has 14 aromatic rings. The van der Waals surface area contributed by atoms with Crippen molar-refractivity contribution in [3.8, 4) is 34.1 Å². The summed E-state index contributed by atoms with van der Waals surface area (Å²) in [4.78, 5) is 37.8. The number of thiol groups is 5. The number of carbonyl (C=O) groups is 2. The van der Waals surface area contributed by atoms with E-state index in [9.17, 15) is 9.59 Å². The molecule has 0 amide bonds. The Kier molecular flexibility index (Phi) is 85.7. The number of aliphatic hydroxyl groups is 4. The lowest BCUT2D eigenvalue weighted by molar-refractivity contribution is -0.0334. The maximum Gasteiger partial charge on any atom is 0.335 e. The molecule has 0 bridgehead atoms. The smallest absolute Gasteiger partial charge is 0.335 e. The van der Waals surface area contributed by atoms with Gasteiger partial charge in [-0.3, -0.25) is 19.9 Å². The molecule has 4 aliphatic heterocycles. The van der Waals surface area contributed by atoms with Gasteiger partial charge in [-0.15, -0.1) is 25.3 Å². The molecule has 3 saturated heterocycles. The van der Waals surface area contributed by atoms with E-state index in [0.717, 1.165) is 84.4 Å². The van der Waals surface area contributed by atoms with Crippen LogP contribution in [0.5, 0.6) is 23.0 Å². The van der Waals surface area contributed by atoms with E-state index >= 15 is 0 Å². The van der Waals surface area contributed by atoms with Crippen LogP contribution in [0.3, 0.4) is 0 Å². The Balaban J connectivity index is 0.00000153. The average molecular weight is 2100 g/mol. The van der Waals surface area contributed by atoms with Crippen LogP contribution in [-0.2, 0) is 20.6 Å². The highest BCUT2D eigenvalue weighted by Gasteiger charge is 2.14. The van der Waals surface area contributed by atoms with Crippen LogP contribution in [0.25, 0.3) is 11.1 Å². The van der Waals surface area contributed by atoms with E-state index in [4.69, 9.17) is 111 Å². The van der Waals surface area contributed by atoms with Gasteiger partial charge in [0.15, 0.2) is 0 Å². The number of carboxylic acids is 2. The average Bonchev–Trinajstić information content (AvgIpc) is 0.805. The van der Waals surface area contributed by atoms with Crippen LogP contribution in [0.4, 0.5) is 39.8 Å². The number of fused-ring (bicyclic) bond motifs is 2. The second-order valence-corrected chi connectivity index (χ2v) is 34.1. The predicted molar refractivity (Wildman–Crippen MR) is 615 cm³/mol. The minimum Gasteiger partial charge on any atom is -0.508 e. The van der Waals surface area contributed by atoms with Gasteiger partial charge in [-0.1, -0.05) is 135 Å². The van der Waals surface area contributed by atoms with Crippen molar-refractivity contribution < 1.29 is 74.9 Å². The van der Waals surface area contributed by atoms with E-state index in [1.165, 1.54) is 169 Å². The minimum absolute atomic E-state index is 0.0741. The van der Waals surface area contributed by atoms with E-state index in [1.54, 1.807) is 110 Å². The number of para-hydroxylation sites is 2. The van der Waals surface area contributed by atoms with E-state index < -0.39 is 11.9 Å². The summed E-state index contributed by atoms with van der Waals surface area (Å²) >= 11 is 19.5. The van der Waals surface area contributed by atoms with Crippen molar-refractivity contribution in [2.75, 3.05) is 156 Å². The zero-order chi connectivity index (χ0) is 107. The summed E-state index contributed by atoms with van der Waals surface area (Å²) in [7, 11) is -0.151. The van der Waals surface area contributed by atoms with Crippen molar-refractivity contribution in [3.05, 3.63) is 381 Å². The lowest BCUT2D eigenvalue weighted by atomic mass is 9.98. The summed E-state index contributed by atoms with van der Waals surface area (Å²) in [5.74, 6) is 1.07. The third kappa shape index (κ3) is 76.7. The fraction of sp³-hybridized carbons (Fsp3) is 0.255. The first-order chi connectivity index (χ1) is 70.3. The minimum atomic E-state index is -0.986. The molecule has 29 nitrogen and oxygen atoms in total. The lowest BCUT2D eigenvalue weighted by Gasteiger charge is -2.20. The molecular weight excluding hydrogens is 1950 g/mol. The number of carboxylic acid groups (broad SMARTS) is 2. The van der Waals surface area contributed by atoms with Gasteiger partial charge < -0.3 is 122 Å². The summed E-state index contributed by atoms with van der Waals surface area (Å²) < 4.78 is 15.0. The van der Waals surface area contributed by atoms with Crippen LogP contribution in [0.2, 0.25) is 0 Å². The van der Waals surface area contributed by atoms with Crippen LogP contribution >= 0.6 is 71.1 Å². The van der Waals surface area contributed by atoms with Gasteiger partial charge in [0.25, 0.3) is 0 Å². The van der Waals surface area contributed by atoms with Crippen molar-refractivity contribution in [1.29, 1.82) is 0 Å². The highest BCUT2D eigenvalue weighted by Crippen LogP contribution is 2.35. The quantitative estimate of drug-likeness (QED) is 0.0234. The number of pyridine rings is 2. The van der Waals surface area contributed by atoms with Crippen LogP contribution in [0, 0.1) is 0 Å². The number of aromatic nitrogens is 4. The number of rotatable bonds is 12. The molecular formula is C110H149N14O15PS5. The molecule has 18 rings (SSSR count). The number of aromatic hydroxyl groups is 4. The van der Waals surface area contributed by atoms with Gasteiger partial charge in [0.2, 0.25) is 0 Å². The molecule has 7 heterocycles. The number of aromatic carboxylic acids is 2. The summed E-state index contributed by atoms with van der Waals surface area (Å²) in [6.07, 6.45) is 25.4. The van der Waals surface area contributed by atoms with Crippen LogP contribution in [-0.4, -0.2) is 205 Å². The van der Waals surface area contributed by atoms with Crippen molar-refractivity contribution in [2.24, 2.45) is 17.2 Å². The highest BCUT2D eigenvalue weighted by atomic mass is 32.1. The number of phenols is 4. The third-order valence-electron chi connectivity index (χ3n) is 17.7. The van der Waals surface area contributed by atoms with E-state index in [-0.39, 0.29) is 68.5 Å². The number of hydrogen-bond acceptors (Lipinski definition) is 32. The first-order valence-electron chi connectivity index (χ1n) is 46.5. The molecule has 3 fully saturated rings. The van der Waals surface area contributed by atoms with Gasteiger partial charge in [0.1, 0.15) is 23.0 Å². The van der Waals surface area contributed by atoms with Crippen LogP contribution < -0.4 is 67.1 Å². The third-order valence-corrected chi connectivity index (χ3v) is 22.0. The molecule has 784 valence electrons. The standard InChI is InChI=1S/C15H17P.C13H11N.C10H8N2.C7H7NO2.C7H6O3.C6H8N2.C6H7NO.C6H7NS.C6H6O2.C6H6S.C5H11N.C5H10O.C4H4N2.C4H8O2.C2H8N2.C2H7NO.C2H6O2.C2H6OS.C2H6S2/c1-2-13-16(14-9-5-3-6-10-14)15-11-7-4-8-12-15;1-3-7-12-10(5-1)9-11-6-2-4-8-13(11)14-12;1-5-11-6-2-9(1)10-3-7-12-8-4-10;2*8-6-3-1-5(2-4-6)7(9)10;7-5-1-2-6(8)4-3-5;2*7-5-1-3-6(8)4-2-5;7-5-1-2-6(8)4-3-5;7-6-4-2-1-3-5-6;2*1-2-4-6-5-3-1;2*1-2-6-4-3-5-1;5*3-1-2-4/h3-12H,2,13H2,1H3;1-8,14H,9H2;1-8H;1-4H,8H2,(H,9,10);1-4,8H,(H,9,10);1-4H,7-8H2;2*1-4,8H,7H2;1-4,7-8H;1-5,7H;6H,1-5H2;1-5H2;1-4H;1-4H2;1-4H2;4H,1-3H2;3*3-4H,1-2H2. The molecule has 28 N–H and O–H groups in total. The number of nitrogen functional groups attached to an aromatic ring is 5. The Hall–Kier alpha value is -12.5. The summed E-state index contributed by atoms with van der Waals surface area (Å²) in [5, 5.41) is 92.1. The van der Waals surface area contributed by atoms with Crippen molar-refractivity contribution in [2.45, 2.75) is 68.1 Å². The van der Waals surface area contributed by atoms with Crippen LogP contribution in [0.1, 0.15) is 83.7 Å².